The van der Waals surface area contributed by atoms with Gasteiger partial charge in [0.2, 0.25) is 10.0 Å². The second-order valence-corrected chi connectivity index (χ2v) is 5.51. The van der Waals surface area contributed by atoms with E-state index in [1.807, 2.05) is 0 Å². The summed E-state index contributed by atoms with van der Waals surface area (Å²) in [6, 6.07) is 0. The number of halogens is 3. The highest BCUT2D eigenvalue weighted by molar-refractivity contribution is 7.89. The molecule has 1 aromatic rings. The summed E-state index contributed by atoms with van der Waals surface area (Å²) >= 11 is 0. The normalized spacial score (nSPS) is 12.2. The van der Waals surface area contributed by atoms with Crippen molar-refractivity contribution >= 4 is 10.0 Å². The fourth-order valence-corrected chi connectivity index (χ4v) is 2.55. The van der Waals surface area contributed by atoms with Gasteiger partial charge in [-0.1, -0.05) is 13.8 Å². The molecule has 0 unspecified atom stereocenters. The first-order chi connectivity index (χ1) is 7.59. The standard InChI is InChI=1S/C10H12F3NO2S/c1-4(2)6-7(11)5(3)8(12)9(13)10(6)17(14,15)16/h4H,1-3H3,(H2,14,15,16). The van der Waals surface area contributed by atoms with E-state index in [1.165, 1.54) is 13.8 Å². The number of rotatable bonds is 2. The first-order valence-electron chi connectivity index (χ1n) is 4.78. The van der Waals surface area contributed by atoms with Gasteiger partial charge in [0.1, 0.15) is 10.7 Å². The smallest absolute Gasteiger partial charge is 0.225 e. The highest BCUT2D eigenvalue weighted by Crippen LogP contribution is 2.32. The summed E-state index contributed by atoms with van der Waals surface area (Å²) in [5.74, 6) is -4.88. The molecule has 1 rings (SSSR count). The predicted molar refractivity (Wildman–Crippen MR) is 56.5 cm³/mol. The molecule has 1 aromatic carbocycles. The maximum Gasteiger partial charge on any atom is 0.241 e. The van der Waals surface area contributed by atoms with Gasteiger partial charge in [0.15, 0.2) is 11.6 Å². The fourth-order valence-electron chi connectivity index (χ4n) is 1.57. The van der Waals surface area contributed by atoms with Crippen molar-refractivity contribution in [3.63, 3.8) is 0 Å². The molecule has 3 nitrogen and oxygen atoms in total. The van der Waals surface area contributed by atoms with E-state index in [1.54, 1.807) is 0 Å². The lowest BCUT2D eigenvalue weighted by Crippen LogP contribution is -2.20. The molecule has 0 aliphatic carbocycles. The summed E-state index contributed by atoms with van der Waals surface area (Å²) in [5, 5.41) is 4.78. The number of benzene rings is 1. The van der Waals surface area contributed by atoms with Crippen molar-refractivity contribution < 1.29 is 21.6 Å². The molecule has 2 N–H and O–H groups in total. The Balaban J connectivity index is 3.93. The highest BCUT2D eigenvalue weighted by atomic mass is 32.2. The molecule has 0 atom stereocenters. The SMILES string of the molecule is Cc1c(F)c(F)c(S(N)(=O)=O)c(C(C)C)c1F. The zero-order chi connectivity index (χ0) is 13.5. The molecule has 0 aliphatic rings. The summed E-state index contributed by atoms with van der Waals surface area (Å²) in [5.41, 5.74) is -0.984. The van der Waals surface area contributed by atoms with Crippen molar-refractivity contribution in [2.45, 2.75) is 31.6 Å². The van der Waals surface area contributed by atoms with E-state index in [2.05, 4.69) is 0 Å². The molecule has 0 amide bonds. The monoisotopic (exact) mass is 267 g/mol. The molecule has 0 heterocycles. The number of hydrogen-bond donors (Lipinski definition) is 1. The molecule has 7 heteroatoms. The highest BCUT2D eigenvalue weighted by Gasteiger charge is 2.30. The van der Waals surface area contributed by atoms with E-state index in [0.29, 0.717) is 0 Å². The van der Waals surface area contributed by atoms with Gasteiger partial charge in [0.25, 0.3) is 0 Å². The van der Waals surface area contributed by atoms with Gasteiger partial charge in [-0.3, -0.25) is 0 Å². The van der Waals surface area contributed by atoms with Gasteiger partial charge < -0.3 is 0 Å². The minimum absolute atomic E-state index is 0.427. The van der Waals surface area contributed by atoms with Gasteiger partial charge in [-0.25, -0.2) is 26.7 Å². The van der Waals surface area contributed by atoms with E-state index >= 15 is 0 Å². The third kappa shape index (κ3) is 2.30. The third-order valence-electron chi connectivity index (χ3n) is 2.39. The topological polar surface area (TPSA) is 60.2 Å². The molecule has 0 fully saturated rings. The molecule has 0 aliphatic heterocycles. The van der Waals surface area contributed by atoms with Crippen LogP contribution in [0, 0.1) is 24.4 Å². The molecular formula is C10H12F3NO2S. The summed E-state index contributed by atoms with van der Waals surface area (Å²) < 4.78 is 63.0. The van der Waals surface area contributed by atoms with Gasteiger partial charge in [-0.15, -0.1) is 0 Å². The lowest BCUT2D eigenvalue weighted by Gasteiger charge is -2.15. The van der Waals surface area contributed by atoms with Crippen LogP contribution < -0.4 is 5.14 Å². The second-order valence-electron chi connectivity index (χ2n) is 4.01. The van der Waals surface area contributed by atoms with E-state index in [-0.39, 0.29) is 0 Å². The van der Waals surface area contributed by atoms with E-state index in [4.69, 9.17) is 5.14 Å². The fraction of sp³-hybridized carbons (Fsp3) is 0.400. The Bertz CT molecular complexity index is 568. The molecule has 0 spiro atoms. The molecule has 0 saturated carbocycles. The molecule has 17 heavy (non-hydrogen) atoms. The quantitative estimate of drug-likeness (QED) is 0.835. The van der Waals surface area contributed by atoms with Crippen LogP contribution >= 0.6 is 0 Å². The molecule has 0 radical (unpaired) electrons. The molecule has 96 valence electrons. The maximum atomic E-state index is 13.8. The lowest BCUT2D eigenvalue weighted by molar-refractivity contribution is 0.452. The van der Waals surface area contributed by atoms with Crippen LogP contribution in [0.5, 0.6) is 0 Å². The Labute approximate surface area is 97.5 Å². The number of hydrogen-bond acceptors (Lipinski definition) is 2. The lowest BCUT2D eigenvalue weighted by atomic mass is 9.99. The van der Waals surface area contributed by atoms with Crippen LogP contribution in [0.1, 0.15) is 30.9 Å². The van der Waals surface area contributed by atoms with E-state index in [0.717, 1.165) is 6.92 Å². The van der Waals surface area contributed by atoms with Crippen molar-refractivity contribution in [3.8, 4) is 0 Å². The minimum Gasteiger partial charge on any atom is -0.225 e. The van der Waals surface area contributed by atoms with Crippen molar-refractivity contribution in [1.29, 1.82) is 0 Å². The molecule has 0 bridgehead atoms. The van der Waals surface area contributed by atoms with Crippen LogP contribution in [-0.2, 0) is 10.0 Å². The Hall–Kier alpha value is -1.08. The van der Waals surface area contributed by atoms with Crippen molar-refractivity contribution in [2.75, 3.05) is 0 Å². The van der Waals surface area contributed by atoms with E-state index < -0.39 is 49.4 Å². The Morgan fingerprint density at radius 1 is 1.06 bits per heavy atom. The zero-order valence-electron chi connectivity index (χ0n) is 9.51. The maximum absolute atomic E-state index is 13.8. The van der Waals surface area contributed by atoms with E-state index in [9.17, 15) is 21.6 Å². The second kappa shape index (κ2) is 4.30. The average Bonchev–Trinajstić information content (AvgIpc) is 2.17. The molecule has 0 aromatic heterocycles. The first kappa shape index (κ1) is 14.0. The van der Waals surface area contributed by atoms with Crippen LogP contribution in [0.3, 0.4) is 0 Å². The van der Waals surface area contributed by atoms with Crippen LogP contribution in [0.15, 0.2) is 4.90 Å². The van der Waals surface area contributed by atoms with Gasteiger partial charge in [0, 0.05) is 11.1 Å². The zero-order valence-corrected chi connectivity index (χ0v) is 10.3. The van der Waals surface area contributed by atoms with Gasteiger partial charge in [-0.2, -0.15) is 0 Å². The Morgan fingerprint density at radius 3 is 1.88 bits per heavy atom. The number of primary sulfonamides is 1. The summed E-state index contributed by atoms with van der Waals surface area (Å²) in [6.07, 6.45) is 0. The summed E-state index contributed by atoms with van der Waals surface area (Å²) in [7, 11) is -4.53. The number of nitrogens with two attached hydrogens (primary N) is 1. The largest absolute Gasteiger partial charge is 0.241 e. The van der Waals surface area contributed by atoms with Gasteiger partial charge in [-0.05, 0) is 12.8 Å². The van der Waals surface area contributed by atoms with Crippen molar-refractivity contribution in [2.24, 2.45) is 5.14 Å². The Morgan fingerprint density at radius 2 is 1.53 bits per heavy atom. The molecule has 0 saturated heterocycles. The summed E-state index contributed by atoms with van der Waals surface area (Å²) in [6.45, 7) is 3.96. The van der Waals surface area contributed by atoms with Gasteiger partial charge in [0.05, 0.1) is 0 Å². The predicted octanol–water partition coefficient (Wildman–Crippen LogP) is 2.18. The summed E-state index contributed by atoms with van der Waals surface area (Å²) in [4.78, 5) is -1.10. The number of sulfonamides is 1. The Kier molecular flexibility index (Phi) is 3.54. The van der Waals surface area contributed by atoms with Gasteiger partial charge >= 0.3 is 0 Å². The van der Waals surface area contributed by atoms with Crippen molar-refractivity contribution in [1.82, 2.24) is 0 Å². The van der Waals surface area contributed by atoms with Crippen molar-refractivity contribution in [3.05, 3.63) is 28.6 Å². The average molecular weight is 267 g/mol. The van der Waals surface area contributed by atoms with Crippen LogP contribution in [-0.4, -0.2) is 8.42 Å². The first-order valence-corrected chi connectivity index (χ1v) is 6.33. The third-order valence-corrected chi connectivity index (χ3v) is 3.36. The minimum atomic E-state index is -4.53. The van der Waals surface area contributed by atoms with Crippen LogP contribution in [0.25, 0.3) is 0 Å². The van der Waals surface area contributed by atoms with Crippen LogP contribution in [0.2, 0.25) is 0 Å². The van der Waals surface area contributed by atoms with Crippen LogP contribution in [0.4, 0.5) is 13.2 Å². The molecular weight excluding hydrogens is 255 g/mol.